The van der Waals surface area contributed by atoms with Crippen LogP contribution < -0.4 is 10.6 Å². The minimum Gasteiger partial charge on any atom is -0.348 e. The lowest BCUT2D eigenvalue weighted by Gasteiger charge is -2.23. The molecule has 1 aliphatic heterocycles. The summed E-state index contributed by atoms with van der Waals surface area (Å²) in [6, 6.07) is 0.183. The van der Waals surface area contributed by atoms with E-state index in [9.17, 15) is 4.79 Å². The van der Waals surface area contributed by atoms with Gasteiger partial charge in [0.1, 0.15) is 5.56 Å². The molecule has 24 heavy (non-hydrogen) atoms. The number of hydrogen-bond donors (Lipinski definition) is 2. The fourth-order valence-electron chi connectivity index (χ4n) is 3.10. The molecule has 7 nitrogen and oxygen atoms in total. The molecule has 7 heteroatoms. The summed E-state index contributed by atoms with van der Waals surface area (Å²) in [5, 5.41) is 10.7. The summed E-state index contributed by atoms with van der Waals surface area (Å²) in [6.07, 6.45) is 7.51. The maximum atomic E-state index is 12.5. The molecule has 0 aromatic carbocycles. The lowest BCUT2D eigenvalue weighted by Crippen LogP contribution is -2.45. The molecule has 2 N–H and O–H groups in total. The highest BCUT2D eigenvalue weighted by molar-refractivity contribution is 5.99. The minimum atomic E-state index is -0.0947. The standard InChI is InChI=1S/C17H26N6O/c1-3-22(4-2)11-13-8-19-16-15(10-20-23(16)12-13)17(24)21-14-6-5-7-18-9-14/h8,10,12,14,18H,3-7,9,11H2,1-2H3,(H,21,24). The molecule has 1 amide bonds. The van der Waals surface area contributed by atoms with Crippen LogP contribution in [-0.2, 0) is 6.54 Å². The van der Waals surface area contributed by atoms with E-state index in [1.165, 1.54) is 0 Å². The van der Waals surface area contributed by atoms with Gasteiger partial charge < -0.3 is 10.6 Å². The highest BCUT2D eigenvalue weighted by Crippen LogP contribution is 2.11. The van der Waals surface area contributed by atoms with Crippen molar-refractivity contribution in [1.82, 2.24) is 30.1 Å². The molecule has 0 bridgehead atoms. The average Bonchev–Trinajstić information content (AvgIpc) is 3.03. The Labute approximate surface area is 142 Å². The van der Waals surface area contributed by atoms with Crippen molar-refractivity contribution in [2.75, 3.05) is 26.2 Å². The molecule has 2 aromatic heterocycles. The Balaban J connectivity index is 1.74. The third-order valence-electron chi connectivity index (χ3n) is 4.59. The van der Waals surface area contributed by atoms with Crippen LogP contribution in [0.2, 0.25) is 0 Å². The lowest BCUT2D eigenvalue weighted by atomic mass is 10.1. The van der Waals surface area contributed by atoms with E-state index in [0.29, 0.717) is 11.2 Å². The zero-order valence-corrected chi connectivity index (χ0v) is 14.5. The van der Waals surface area contributed by atoms with Crippen molar-refractivity contribution < 1.29 is 4.79 Å². The molecule has 3 heterocycles. The predicted molar refractivity (Wildman–Crippen MR) is 93.0 cm³/mol. The Hall–Kier alpha value is -1.99. The highest BCUT2D eigenvalue weighted by atomic mass is 16.1. The average molecular weight is 330 g/mol. The maximum absolute atomic E-state index is 12.5. The summed E-state index contributed by atoms with van der Waals surface area (Å²) in [6.45, 7) is 8.97. The van der Waals surface area contributed by atoms with Crippen LogP contribution in [0.25, 0.3) is 5.65 Å². The molecule has 1 aliphatic rings. The van der Waals surface area contributed by atoms with E-state index < -0.39 is 0 Å². The van der Waals surface area contributed by atoms with Crippen LogP contribution in [0, 0.1) is 0 Å². The molecule has 0 spiro atoms. The van der Waals surface area contributed by atoms with Gasteiger partial charge in [0.2, 0.25) is 0 Å². The van der Waals surface area contributed by atoms with Crippen LogP contribution in [0.1, 0.15) is 42.6 Å². The third-order valence-corrected chi connectivity index (χ3v) is 4.59. The van der Waals surface area contributed by atoms with Gasteiger partial charge >= 0.3 is 0 Å². The van der Waals surface area contributed by atoms with E-state index >= 15 is 0 Å². The molecule has 0 aliphatic carbocycles. The SMILES string of the molecule is CCN(CC)Cc1cnc2c(C(=O)NC3CCCNC3)cnn2c1. The van der Waals surface area contributed by atoms with Gasteiger partial charge in [-0.25, -0.2) is 9.50 Å². The molecule has 130 valence electrons. The second kappa shape index (κ2) is 7.72. The number of hydrogen-bond acceptors (Lipinski definition) is 5. The fourth-order valence-corrected chi connectivity index (χ4v) is 3.10. The van der Waals surface area contributed by atoms with E-state index in [2.05, 4.69) is 39.5 Å². The maximum Gasteiger partial charge on any atom is 0.257 e. The van der Waals surface area contributed by atoms with Gasteiger partial charge in [0.05, 0.1) is 6.20 Å². The summed E-state index contributed by atoms with van der Waals surface area (Å²) in [7, 11) is 0. The van der Waals surface area contributed by atoms with E-state index in [-0.39, 0.29) is 11.9 Å². The van der Waals surface area contributed by atoms with Crippen LogP contribution in [0.5, 0.6) is 0 Å². The van der Waals surface area contributed by atoms with E-state index in [1.807, 2.05) is 12.4 Å². The second-order valence-electron chi connectivity index (χ2n) is 6.27. The van der Waals surface area contributed by atoms with Gasteiger partial charge in [-0.3, -0.25) is 9.69 Å². The first-order valence-corrected chi connectivity index (χ1v) is 8.77. The third kappa shape index (κ3) is 3.73. The number of amides is 1. The summed E-state index contributed by atoms with van der Waals surface area (Å²) in [5.41, 5.74) is 2.24. The van der Waals surface area contributed by atoms with Crippen LogP contribution in [0.4, 0.5) is 0 Å². The lowest BCUT2D eigenvalue weighted by molar-refractivity contribution is 0.0932. The number of rotatable bonds is 6. The van der Waals surface area contributed by atoms with Crippen molar-refractivity contribution >= 4 is 11.6 Å². The molecule has 2 aromatic rings. The Morgan fingerprint density at radius 1 is 1.42 bits per heavy atom. The van der Waals surface area contributed by atoms with Crippen LogP contribution in [0.3, 0.4) is 0 Å². The van der Waals surface area contributed by atoms with Crippen molar-refractivity contribution in [2.45, 2.75) is 39.3 Å². The van der Waals surface area contributed by atoms with Crippen LogP contribution in [-0.4, -0.2) is 57.6 Å². The first-order chi connectivity index (χ1) is 11.7. The first-order valence-electron chi connectivity index (χ1n) is 8.77. The Morgan fingerprint density at radius 2 is 2.25 bits per heavy atom. The van der Waals surface area contributed by atoms with E-state index in [0.717, 1.165) is 51.1 Å². The molecule has 1 unspecified atom stereocenters. The summed E-state index contributed by atoms with van der Waals surface area (Å²) in [4.78, 5) is 19.3. The van der Waals surface area contributed by atoms with Crippen molar-refractivity contribution in [1.29, 1.82) is 0 Å². The van der Waals surface area contributed by atoms with Crippen molar-refractivity contribution in [3.05, 3.63) is 29.7 Å². The van der Waals surface area contributed by atoms with Crippen molar-refractivity contribution in [2.24, 2.45) is 0 Å². The Bertz CT molecular complexity index is 687. The number of nitrogens with zero attached hydrogens (tertiary/aromatic N) is 4. The minimum absolute atomic E-state index is 0.0947. The number of fused-ring (bicyclic) bond motifs is 1. The van der Waals surface area contributed by atoms with Gasteiger partial charge in [-0.15, -0.1) is 0 Å². The zero-order valence-electron chi connectivity index (χ0n) is 14.5. The Morgan fingerprint density at radius 3 is 2.96 bits per heavy atom. The molecular formula is C17H26N6O. The molecule has 1 fully saturated rings. The van der Waals surface area contributed by atoms with Crippen molar-refractivity contribution in [3.63, 3.8) is 0 Å². The fraction of sp³-hybridized carbons (Fsp3) is 0.588. The molecule has 1 saturated heterocycles. The van der Waals surface area contributed by atoms with Gasteiger partial charge in [0.15, 0.2) is 5.65 Å². The van der Waals surface area contributed by atoms with Gasteiger partial charge in [0.25, 0.3) is 5.91 Å². The zero-order chi connectivity index (χ0) is 16.9. The quantitative estimate of drug-likeness (QED) is 0.828. The monoisotopic (exact) mass is 330 g/mol. The highest BCUT2D eigenvalue weighted by Gasteiger charge is 2.19. The molecular weight excluding hydrogens is 304 g/mol. The second-order valence-corrected chi connectivity index (χ2v) is 6.27. The predicted octanol–water partition coefficient (Wildman–Crippen LogP) is 1.05. The van der Waals surface area contributed by atoms with Gasteiger partial charge in [0, 0.05) is 37.1 Å². The van der Waals surface area contributed by atoms with E-state index in [4.69, 9.17) is 0 Å². The van der Waals surface area contributed by atoms with E-state index in [1.54, 1.807) is 10.7 Å². The molecule has 1 atom stereocenters. The number of piperidine rings is 1. The van der Waals surface area contributed by atoms with Crippen LogP contribution >= 0.6 is 0 Å². The smallest absolute Gasteiger partial charge is 0.257 e. The number of carbonyl (C=O) groups is 1. The van der Waals surface area contributed by atoms with Crippen LogP contribution in [0.15, 0.2) is 18.6 Å². The summed E-state index contributed by atoms with van der Waals surface area (Å²) < 4.78 is 1.70. The molecule has 0 saturated carbocycles. The topological polar surface area (TPSA) is 74.6 Å². The summed E-state index contributed by atoms with van der Waals surface area (Å²) in [5.74, 6) is -0.0947. The number of nitrogens with one attached hydrogen (secondary N) is 2. The molecule has 0 radical (unpaired) electrons. The van der Waals surface area contributed by atoms with Gasteiger partial charge in [-0.1, -0.05) is 13.8 Å². The van der Waals surface area contributed by atoms with Gasteiger partial charge in [-0.05, 0) is 32.5 Å². The first kappa shape index (κ1) is 16.9. The summed E-state index contributed by atoms with van der Waals surface area (Å²) >= 11 is 0. The number of carbonyl (C=O) groups excluding carboxylic acids is 1. The van der Waals surface area contributed by atoms with Gasteiger partial charge in [-0.2, -0.15) is 5.10 Å². The molecule has 3 rings (SSSR count). The Kier molecular flexibility index (Phi) is 5.42. The van der Waals surface area contributed by atoms with Crippen molar-refractivity contribution in [3.8, 4) is 0 Å². The number of aromatic nitrogens is 3. The largest absolute Gasteiger partial charge is 0.348 e. The normalized spacial score (nSPS) is 18.2.